The number of fused-ring (bicyclic) bond motifs is 8. The van der Waals surface area contributed by atoms with E-state index in [2.05, 4.69) is 212 Å². The minimum atomic E-state index is 0.0406. The first kappa shape index (κ1) is 38.9. The fraction of sp³-hybridized carbons (Fsp3) is 0.188. The quantitative estimate of drug-likeness (QED) is 0.116. The average Bonchev–Trinajstić information content (AvgIpc) is 3.29. The number of hydrogen-bond donors (Lipinski definition) is 0. The van der Waals surface area contributed by atoms with Crippen LogP contribution in [0, 0.1) is 11.8 Å². The lowest BCUT2D eigenvalue weighted by Gasteiger charge is -2.23. The van der Waals surface area contributed by atoms with E-state index in [1.54, 1.807) is 0 Å². The molecule has 0 bridgehead atoms. The summed E-state index contributed by atoms with van der Waals surface area (Å²) in [5, 5.41) is 24.0. The predicted molar refractivity (Wildman–Crippen MR) is 282 cm³/mol. The van der Waals surface area contributed by atoms with E-state index in [9.17, 15) is 0 Å². The van der Waals surface area contributed by atoms with Gasteiger partial charge in [-0.25, -0.2) is 0 Å². The highest BCUT2D eigenvalue weighted by molar-refractivity contribution is 6.30. The van der Waals surface area contributed by atoms with E-state index in [0.717, 1.165) is 12.8 Å². The van der Waals surface area contributed by atoms with Gasteiger partial charge >= 0.3 is 0 Å². The van der Waals surface area contributed by atoms with Gasteiger partial charge in [-0.1, -0.05) is 194 Å². The minimum Gasteiger partial charge on any atom is -0.0625 e. The summed E-state index contributed by atoms with van der Waals surface area (Å²) in [6, 6.07) is 63.6. The molecule has 0 aliphatic heterocycles. The monoisotopic (exact) mass is 822 g/mol. The molecule has 0 unspecified atom stereocenters. The van der Waals surface area contributed by atoms with Crippen molar-refractivity contribution in [2.75, 3.05) is 0 Å². The van der Waals surface area contributed by atoms with Crippen LogP contribution >= 0.6 is 0 Å². The fourth-order valence-electron chi connectivity index (χ4n) is 11.5. The van der Waals surface area contributed by atoms with Crippen molar-refractivity contribution in [2.24, 2.45) is 11.8 Å². The smallest absolute Gasteiger partial charge is 0.00143 e. The van der Waals surface area contributed by atoms with Crippen molar-refractivity contribution in [3.8, 4) is 22.3 Å². The van der Waals surface area contributed by atoms with Gasteiger partial charge in [0.2, 0.25) is 0 Å². The van der Waals surface area contributed by atoms with Crippen LogP contribution in [0.15, 0.2) is 164 Å². The van der Waals surface area contributed by atoms with Crippen molar-refractivity contribution in [1.29, 1.82) is 0 Å². The first-order chi connectivity index (χ1) is 31.0. The van der Waals surface area contributed by atoms with Crippen LogP contribution < -0.4 is 0 Å². The largest absolute Gasteiger partial charge is 0.0625 e. The van der Waals surface area contributed by atoms with Crippen LogP contribution in [0.25, 0.3) is 119 Å². The lowest BCUT2D eigenvalue weighted by Crippen LogP contribution is -2.10. The molecule has 0 saturated carbocycles. The maximum Gasteiger partial charge on any atom is -0.00143 e. The Morgan fingerprint density at radius 2 is 0.734 bits per heavy atom. The number of hydrogen-bond acceptors (Lipinski definition) is 0. The van der Waals surface area contributed by atoms with Crippen molar-refractivity contribution in [3.63, 3.8) is 0 Å². The highest BCUT2D eigenvalue weighted by atomic mass is 14.3. The maximum atomic E-state index is 2.54. The van der Waals surface area contributed by atoms with E-state index in [1.165, 1.54) is 136 Å². The summed E-state index contributed by atoms with van der Waals surface area (Å²) in [6.07, 6.45) is 2.10. The first-order valence-corrected chi connectivity index (χ1v) is 23.5. The van der Waals surface area contributed by atoms with Crippen molar-refractivity contribution in [3.05, 3.63) is 180 Å². The van der Waals surface area contributed by atoms with Gasteiger partial charge in [0.05, 0.1) is 0 Å². The van der Waals surface area contributed by atoms with Gasteiger partial charge in [0.25, 0.3) is 0 Å². The van der Waals surface area contributed by atoms with E-state index in [-0.39, 0.29) is 5.41 Å². The lowest BCUT2D eigenvalue weighted by atomic mass is 9.80. The molecule has 12 aromatic rings. The Hall–Kier alpha value is -6.76. The molecule has 0 saturated heterocycles. The second-order valence-corrected chi connectivity index (χ2v) is 20.6. The zero-order chi connectivity index (χ0) is 43.6. The number of benzene rings is 12. The molecule has 0 heterocycles. The molecule has 0 aromatic heterocycles. The highest BCUT2D eigenvalue weighted by Gasteiger charge is 2.23. The summed E-state index contributed by atoms with van der Waals surface area (Å²) in [5.74, 6) is 1.11. The molecule has 12 aromatic carbocycles. The molecule has 0 nitrogen and oxygen atoms in total. The van der Waals surface area contributed by atoms with Crippen LogP contribution in [0.4, 0.5) is 0 Å². The van der Waals surface area contributed by atoms with Crippen LogP contribution in [-0.2, 0) is 18.3 Å². The molecule has 0 heteroatoms. The summed E-state index contributed by atoms with van der Waals surface area (Å²) in [4.78, 5) is 0. The third kappa shape index (κ3) is 5.95. The molecular formula is C64H54. The van der Waals surface area contributed by atoms with Crippen LogP contribution in [0.1, 0.15) is 65.2 Å². The van der Waals surface area contributed by atoms with Gasteiger partial charge in [0.1, 0.15) is 0 Å². The summed E-state index contributed by atoms with van der Waals surface area (Å²) < 4.78 is 0. The van der Waals surface area contributed by atoms with Gasteiger partial charge in [-0.3, -0.25) is 0 Å². The molecule has 310 valence electrons. The molecule has 0 aliphatic rings. The summed E-state index contributed by atoms with van der Waals surface area (Å²) in [5.41, 5.74) is 9.46. The number of rotatable bonds is 6. The lowest BCUT2D eigenvalue weighted by molar-refractivity contribution is 0.591. The Bertz CT molecular complexity index is 3630. The molecule has 0 N–H and O–H groups in total. The Labute approximate surface area is 376 Å². The SMILES string of the molecule is CC(C)Cc1c2ccccc2cc2c1ccc1c(-c3cc(-c4cccc5c4ccc4c(CC(C)C)c6ccccc6cc45)c4ccc5cc(C(C)(C)C)cc6ccc3c4c65)cccc12. The molecule has 64 heavy (non-hydrogen) atoms. The first-order valence-electron chi connectivity index (χ1n) is 23.5. The van der Waals surface area contributed by atoms with Crippen molar-refractivity contribution >= 4 is 97.0 Å². The minimum absolute atomic E-state index is 0.0406. The maximum absolute atomic E-state index is 2.54. The molecule has 0 radical (unpaired) electrons. The van der Waals surface area contributed by atoms with E-state index in [1.807, 2.05) is 0 Å². The Morgan fingerprint density at radius 3 is 1.19 bits per heavy atom. The molecule has 0 spiro atoms. The summed E-state index contributed by atoms with van der Waals surface area (Å²) in [7, 11) is 0. The van der Waals surface area contributed by atoms with Crippen LogP contribution in [-0.4, -0.2) is 0 Å². The molecule has 0 aliphatic carbocycles. The van der Waals surface area contributed by atoms with Gasteiger partial charge in [-0.15, -0.1) is 0 Å². The molecule has 12 rings (SSSR count). The molecule has 0 amide bonds. The predicted octanol–water partition coefficient (Wildman–Crippen LogP) is 18.5. The van der Waals surface area contributed by atoms with Crippen molar-refractivity contribution in [2.45, 2.75) is 66.7 Å². The van der Waals surface area contributed by atoms with Crippen molar-refractivity contribution in [1.82, 2.24) is 0 Å². The second-order valence-electron chi connectivity index (χ2n) is 20.6. The van der Waals surface area contributed by atoms with Crippen molar-refractivity contribution < 1.29 is 0 Å². The third-order valence-electron chi connectivity index (χ3n) is 14.4. The van der Waals surface area contributed by atoms with E-state index in [4.69, 9.17) is 0 Å². The molecule has 0 fully saturated rings. The van der Waals surface area contributed by atoms with Crippen LogP contribution in [0.3, 0.4) is 0 Å². The highest BCUT2D eigenvalue weighted by Crippen LogP contribution is 2.49. The zero-order valence-corrected chi connectivity index (χ0v) is 38.2. The van der Waals surface area contributed by atoms with E-state index >= 15 is 0 Å². The van der Waals surface area contributed by atoms with Gasteiger partial charge in [-0.2, -0.15) is 0 Å². The van der Waals surface area contributed by atoms with E-state index < -0.39 is 0 Å². The Balaban J connectivity index is 1.19. The average molecular weight is 823 g/mol. The van der Waals surface area contributed by atoms with E-state index in [0.29, 0.717) is 11.8 Å². The molecule has 0 atom stereocenters. The van der Waals surface area contributed by atoms with Crippen LogP contribution in [0.2, 0.25) is 0 Å². The zero-order valence-electron chi connectivity index (χ0n) is 38.2. The third-order valence-corrected chi connectivity index (χ3v) is 14.4. The van der Waals surface area contributed by atoms with Crippen LogP contribution in [0.5, 0.6) is 0 Å². The van der Waals surface area contributed by atoms with Gasteiger partial charge < -0.3 is 0 Å². The fourth-order valence-corrected chi connectivity index (χ4v) is 11.5. The summed E-state index contributed by atoms with van der Waals surface area (Å²) in [6.45, 7) is 16.3. The standard InChI is InChI=1S/C64H54/c1-37(2)30-56-44-16-10-8-14-39(44)34-58-46-18-12-20-48(50(46)26-28-52(56)58)60-36-61(55-25-23-42-33-43(64(5,6)7)32-41-22-24-54(60)63(55)62(41)42)49-21-13-19-47-51(49)27-29-53-57(31-38(3)4)45-17-11-9-15-40(45)35-59(47)53/h8-29,32-38H,30-31H2,1-7H3. The second kappa shape index (κ2) is 14.4. The summed E-state index contributed by atoms with van der Waals surface area (Å²) >= 11 is 0. The molecular weight excluding hydrogens is 769 g/mol. The van der Waals surface area contributed by atoms with Gasteiger partial charge in [0, 0.05) is 0 Å². The Kier molecular flexibility index (Phi) is 8.74. The van der Waals surface area contributed by atoms with Gasteiger partial charge in [-0.05, 0) is 184 Å². The van der Waals surface area contributed by atoms with Gasteiger partial charge in [0.15, 0.2) is 0 Å². The topological polar surface area (TPSA) is 0 Å². The normalized spacial score (nSPS) is 12.7. The Morgan fingerprint density at radius 1 is 0.312 bits per heavy atom.